The summed E-state index contributed by atoms with van der Waals surface area (Å²) < 4.78 is 5.25. The van der Waals surface area contributed by atoms with Crippen molar-refractivity contribution in [3.63, 3.8) is 0 Å². The van der Waals surface area contributed by atoms with Crippen LogP contribution in [0.5, 0.6) is 5.75 Å². The molecular formula is C17H21ClN5O2+. The topological polar surface area (TPSA) is 71.8 Å². The SMILES string of the molecule is COc1ccc(Cl)cc1NC(=O)C[NH+]1CCN(c2ncccn2)CC1. The van der Waals surface area contributed by atoms with Gasteiger partial charge in [0, 0.05) is 17.4 Å². The maximum absolute atomic E-state index is 12.3. The molecule has 2 aromatic rings. The van der Waals surface area contributed by atoms with Crippen LogP contribution in [-0.4, -0.2) is 55.7 Å². The van der Waals surface area contributed by atoms with E-state index in [4.69, 9.17) is 16.3 Å². The van der Waals surface area contributed by atoms with Crippen LogP contribution in [-0.2, 0) is 4.79 Å². The van der Waals surface area contributed by atoms with Gasteiger partial charge >= 0.3 is 0 Å². The second-order valence-corrected chi connectivity index (χ2v) is 6.29. The van der Waals surface area contributed by atoms with Crippen LogP contribution >= 0.6 is 11.6 Å². The van der Waals surface area contributed by atoms with Gasteiger partial charge < -0.3 is 19.9 Å². The number of benzene rings is 1. The smallest absolute Gasteiger partial charge is 0.279 e. The van der Waals surface area contributed by atoms with Crippen LogP contribution in [0.2, 0.25) is 5.02 Å². The predicted molar refractivity (Wildman–Crippen MR) is 96.4 cm³/mol. The number of hydrogen-bond acceptors (Lipinski definition) is 5. The van der Waals surface area contributed by atoms with Gasteiger partial charge in [-0.05, 0) is 24.3 Å². The van der Waals surface area contributed by atoms with Crippen LogP contribution in [0.4, 0.5) is 11.6 Å². The number of amides is 1. The Labute approximate surface area is 151 Å². The van der Waals surface area contributed by atoms with Gasteiger partial charge in [-0.1, -0.05) is 11.6 Å². The maximum Gasteiger partial charge on any atom is 0.279 e. The number of carbonyl (C=O) groups excluding carboxylic acids is 1. The number of quaternary nitrogens is 1. The van der Waals surface area contributed by atoms with Crippen LogP contribution in [0, 0.1) is 0 Å². The molecule has 1 aliphatic heterocycles. The molecule has 0 aliphatic carbocycles. The Morgan fingerprint density at radius 3 is 2.72 bits per heavy atom. The summed E-state index contributed by atoms with van der Waals surface area (Å²) in [7, 11) is 1.56. The molecule has 7 nitrogen and oxygen atoms in total. The van der Waals surface area contributed by atoms with Crippen LogP contribution in [0.1, 0.15) is 0 Å². The molecule has 2 N–H and O–H groups in total. The molecule has 132 valence electrons. The summed E-state index contributed by atoms with van der Waals surface area (Å²) in [4.78, 5) is 24.3. The summed E-state index contributed by atoms with van der Waals surface area (Å²) in [5, 5.41) is 3.44. The lowest BCUT2D eigenvalue weighted by molar-refractivity contribution is -0.892. The summed E-state index contributed by atoms with van der Waals surface area (Å²) in [6, 6.07) is 6.97. The molecule has 1 fully saturated rings. The number of aromatic nitrogens is 2. The monoisotopic (exact) mass is 362 g/mol. The molecule has 0 bridgehead atoms. The third-order valence-corrected chi connectivity index (χ3v) is 4.39. The van der Waals surface area contributed by atoms with E-state index in [9.17, 15) is 4.79 Å². The standard InChI is InChI=1S/C17H20ClN5O2/c1-25-15-4-3-13(18)11-14(15)21-16(24)12-22-7-9-23(10-8-22)17-19-5-2-6-20-17/h2-6,11H,7-10,12H2,1H3,(H,21,24)/p+1. The van der Waals surface area contributed by atoms with Crippen LogP contribution in [0.3, 0.4) is 0 Å². The number of methoxy groups -OCH3 is 1. The van der Waals surface area contributed by atoms with Gasteiger partial charge in [-0.3, -0.25) is 4.79 Å². The number of piperazine rings is 1. The van der Waals surface area contributed by atoms with Crippen molar-refractivity contribution in [3.05, 3.63) is 41.7 Å². The van der Waals surface area contributed by atoms with Gasteiger partial charge in [0.1, 0.15) is 5.75 Å². The number of nitrogens with one attached hydrogen (secondary N) is 2. The third kappa shape index (κ3) is 4.58. The number of hydrogen-bond donors (Lipinski definition) is 2. The number of ether oxygens (including phenoxy) is 1. The Morgan fingerprint density at radius 2 is 2.04 bits per heavy atom. The van der Waals surface area contributed by atoms with E-state index in [0.717, 1.165) is 32.1 Å². The van der Waals surface area contributed by atoms with E-state index in [1.807, 2.05) is 0 Å². The zero-order valence-corrected chi connectivity index (χ0v) is 14.8. The molecule has 3 rings (SSSR count). The molecule has 8 heteroatoms. The molecule has 25 heavy (non-hydrogen) atoms. The Kier molecular flexibility index (Phi) is 5.67. The summed E-state index contributed by atoms with van der Waals surface area (Å²) in [6.07, 6.45) is 3.49. The van der Waals surface area contributed by atoms with Crippen molar-refractivity contribution >= 4 is 29.1 Å². The average molecular weight is 363 g/mol. The molecular weight excluding hydrogens is 342 g/mol. The number of carbonyl (C=O) groups is 1. The minimum absolute atomic E-state index is 0.0556. The van der Waals surface area contributed by atoms with Crippen molar-refractivity contribution in [1.82, 2.24) is 9.97 Å². The van der Waals surface area contributed by atoms with Gasteiger partial charge in [-0.15, -0.1) is 0 Å². The molecule has 0 atom stereocenters. The fourth-order valence-electron chi connectivity index (χ4n) is 2.85. The number of halogens is 1. The van der Waals surface area contributed by atoms with Crippen LogP contribution < -0.4 is 19.9 Å². The van der Waals surface area contributed by atoms with Gasteiger partial charge in [0.05, 0.1) is 39.0 Å². The predicted octanol–water partition coefficient (Wildman–Crippen LogP) is 0.482. The number of rotatable bonds is 5. The molecule has 1 amide bonds. The second-order valence-electron chi connectivity index (χ2n) is 5.86. The molecule has 0 unspecified atom stereocenters. The summed E-state index contributed by atoms with van der Waals surface area (Å²) in [5.74, 6) is 1.29. The zero-order chi connectivity index (χ0) is 17.6. The van der Waals surface area contributed by atoms with Crippen molar-refractivity contribution < 1.29 is 14.4 Å². The van der Waals surface area contributed by atoms with E-state index in [-0.39, 0.29) is 5.91 Å². The first-order valence-electron chi connectivity index (χ1n) is 8.14. The highest BCUT2D eigenvalue weighted by atomic mass is 35.5. The van der Waals surface area contributed by atoms with Crippen molar-refractivity contribution in [2.75, 3.05) is 50.1 Å². The summed E-state index contributed by atoms with van der Waals surface area (Å²) in [5.41, 5.74) is 0.593. The molecule has 0 spiro atoms. The van der Waals surface area contributed by atoms with E-state index in [0.29, 0.717) is 23.0 Å². The first-order chi connectivity index (χ1) is 12.2. The Hall–Kier alpha value is -2.38. The largest absolute Gasteiger partial charge is 0.495 e. The van der Waals surface area contributed by atoms with Crippen LogP contribution in [0.25, 0.3) is 0 Å². The lowest BCUT2D eigenvalue weighted by Gasteiger charge is -2.31. The molecule has 1 aromatic heterocycles. The Balaban J connectivity index is 1.52. The highest BCUT2D eigenvalue weighted by Crippen LogP contribution is 2.27. The lowest BCUT2D eigenvalue weighted by Crippen LogP contribution is -3.15. The van der Waals surface area contributed by atoms with E-state index in [1.54, 1.807) is 43.8 Å². The highest BCUT2D eigenvalue weighted by Gasteiger charge is 2.23. The van der Waals surface area contributed by atoms with E-state index < -0.39 is 0 Å². The molecule has 2 heterocycles. The van der Waals surface area contributed by atoms with Gasteiger partial charge in [0.15, 0.2) is 6.54 Å². The average Bonchev–Trinajstić information content (AvgIpc) is 2.63. The summed E-state index contributed by atoms with van der Waals surface area (Å²) >= 11 is 5.99. The van der Waals surface area contributed by atoms with E-state index in [1.165, 1.54) is 4.90 Å². The van der Waals surface area contributed by atoms with Crippen molar-refractivity contribution in [2.45, 2.75) is 0 Å². The molecule has 1 aromatic carbocycles. The fourth-order valence-corrected chi connectivity index (χ4v) is 3.03. The fraction of sp³-hybridized carbons (Fsp3) is 0.353. The van der Waals surface area contributed by atoms with Gasteiger partial charge in [-0.2, -0.15) is 0 Å². The first kappa shape index (κ1) is 17.4. The number of nitrogens with zero attached hydrogens (tertiary/aromatic N) is 3. The van der Waals surface area contributed by atoms with Gasteiger partial charge in [0.25, 0.3) is 5.91 Å². The highest BCUT2D eigenvalue weighted by molar-refractivity contribution is 6.31. The quantitative estimate of drug-likeness (QED) is 0.809. The van der Waals surface area contributed by atoms with Gasteiger partial charge in [0.2, 0.25) is 5.95 Å². The summed E-state index contributed by atoms with van der Waals surface area (Å²) in [6.45, 7) is 3.77. The van der Waals surface area contributed by atoms with Gasteiger partial charge in [-0.25, -0.2) is 9.97 Å². The number of anilines is 2. The van der Waals surface area contributed by atoms with Crippen molar-refractivity contribution in [3.8, 4) is 5.75 Å². The Morgan fingerprint density at radius 1 is 1.32 bits per heavy atom. The second kappa shape index (κ2) is 8.13. The van der Waals surface area contributed by atoms with Crippen molar-refractivity contribution in [2.24, 2.45) is 0 Å². The molecule has 0 saturated carbocycles. The van der Waals surface area contributed by atoms with Crippen LogP contribution in [0.15, 0.2) is 36.7 Å². The van der Waals surface area contributed by atoms with E-state index >= 15 is 0 Å². The minimum Gasteiger partial charge on any atom is -0.495 e. The molecule has 1 aliphatic rings. The lowest BCUT2D eigenvalue weighted by atomic mass is 10.2. The zero-order valence-electron chi connectivity index (χ0n) is 14.0. The minimum atomic E-state index is -0.0556. The third-order valence-electron chi connectivity index (χ3n) is 4.15. The molecule has 0 radical (unpaired) electrons. The van der Waals surface area contributed by atoms with Crippen molar-refractivity contribution in [1.29, 1.82) is 0 Å². The maximum atomic E-state index is 12.3. The Bertz CT molecular complexity index is 720. The first-order valence-corrected chi connectivity index (χ1v) is 8.52. The molecule has 1 saturated heterocycles. The normalized spacial score (nSPS) is 15.0. The van der Waals surface area contributed by atoms with E-state index in [2.05, 4.69) is 20.2 Å².